The van der Waals surface area contributed by atoms with Crippen LogP contribution in [-0.4, -0.2) is 67.1 Å². The van der Waals surface area contributed by atoms with E-state index in [1.54, 1.807) is 35.4 Å². The summed E-state index contributed by atoms with van der Waals surface area (Å²) in [4.78, 5) is 33.3. The molecule has 0 aliphatic carbocycles. The molecule has 0 saturated carbocycles. The summed E-state index contributed by atoms with van der Waals surface area (Å²) in [6.07, 6.45) is 6.92. The van der Waals surface area contributed by atoms with Crippen LogP contribution in [0.25, 0.3) is 0 Å². The molecule has 46 heavy (non-hydrogen) atoms. The molecule has 14 heteroatoms. The van der Waals surface area contributed by atoms with Crippen molar-refractivity contribution in [2.75, 3.05) is 35.9 Å². The number of ether oxygens (including phenoxy) is 1. The van der Waals surface area contributed by atoms with Gasteiger partial charge < -0.3 is 20.7 Å². The summed E-state index contributed by atoms with van der Waals surface area (Å²) in [6.45, 7) is 6.47. The summed E-state index contributed by atoms with van der Waals surface area (Å²) < 4.78 is 59.7. The normalized spacial score (nSPS) is 14.1. The molecule has 0 radical (unpaired) electrons. The fourth-order valence-corrected chi connectivity index (χ4v) is 5.92. The molecule has 0 atom stereocenters. The number of hydrogen-bond donors (Lipinski definition) is 3. The number of likely N-dealkylation sites (tertiary alicyclic amines) is 1. The van der Waals surface area contributed by atoms with Crippen LogP contribution in [0.5, 0.6) is 11.6 Å². The van der Waals surface area contributed by atoms with Crippen molar-refractivity contribution in [3.63, 3.8) is 0 Å². The van der Waals surface area contributed by atoms with Crippen LogP contribution in [0.3, 0.4) is 0 Å². The number of aromatic nitrogens is 1. The number of pyridine rings is 1. The van der Waals surface area contributed by atoms with Gasteiger partial charge in [0.25, 0.3) is 5.91 Å². The average Bonchev–Trinajstić information content (AvgIpc) is 2.98. The van der Waals surface area contributed by atoms with Gasteiger partial charge in [-0.1, -0.05) is 25.8 Å². The van der Waals surface area contributed by atoms with Crippen LogP contribution < -0.4 is 20.5 Å². The van der Waals surface area contributed by atoms with E-state index in [4.69, 9.17) is 10.5 Å². The molecule has 0 bridgehead atoms. The highest BCUT2D eigenvalue weighted by Gasteiger charge is 2.29. The number of amides is 3. The fraction of sp³-hybridized carbons (Fsp3) is 0.406. The summed E-state index contributed by atoms with van der Waals surface area (Å²) in [5.74, 6) is -2.16. The van der Waals surface area contributed by atoms with Gasteiger partial charge in [-0.15, -0.1) is 0 Å². The number of rotatable bonds is 13. The van der Waals surface area contributed by atoms with Crippen molar-refractivity contribution in [1.82, 2.24) is 14.8 Å². The maximum Gasteiger partial charge on any atom is 0.322 e. The molecule has 1 saturated heterocycles. The number of urea groups is 1. The van der Waals surface area contributed by atoms with Crippen molar-refractivity contribution in [3.05, 3.63) is 77.0 Å². The number of anilines is 2. The van der Waals surface area contributed by atoms with Crippen LogP contribution in [0.4, 0.5) is 25.0 Å². The van der Waals surface area contributed by atoms with Crippen molar-refractivity contribution in [3.8, 4) is 11.6 Å². The summed E-state index contributed by atoms with van der Waals surface area (Å²) in [5.41, 5.74) is 6.59. The maximum atomic E-state index is 14.5. The summed E-state index contributed by atoms with van der Waals surface area (Å²) in [5, 5.41) is 2.52. The van der Waals surface area contributed by atoms with E-state index in [1.165, 1.54) is 0 Å². The molecule has 1 aromatic heterocycles. The second-order valence-corrected chi connectivity index (χ2v) is 13.2. The highest BCUT2D eigenvalue weighted by atomic mass is 32.2. The van der Waals surface area contributed by atoms with Crippen molar-refractivity contribution in [2.45, 2.75) is 58.5 Å². The molecule has 2 heterocycles. The monoisotopic (exact) mass is 658 g/mol. The summed E-state index contributed by atoms with van der Waals surface area (Å²) in [7, 11) is -3.38. The van der Waals surface area contributed by atoms with Crippen LogP contribution >= 0.6 is 0 Å². The number of aryl methyl sites for hydroxylation is 1. The lowest BCUT2D eigenvalue weighted by Crippen LogP contribution is -2.49. The third kappa shape index (κ3) is 9.60. The van der Waals surface area contributed by atoms with E-state index in [0.717, 1.165) is 55.8 Å². The van der Waals surface area contributed by atoms with Gasteiger partial charge in [-0.3, -0.25) is 14.4 Å². The van der Waals surface area contributed by atoms with Gasteiger partial charge in [0.2, 0.25) is 15.9 Å². The van der Waals surface area contributed by atoms with E-state index < -0.39 is 39.2 Å². The van der Waals surface area contributed by atoms with E-state index in [9.17, 15) is 26.8 Å². The van der Waals surface area contributed by atoms with Crippen LogP contribution in [-0.2, 0) is 16.6 Å². The predicted molar refractivity (Wildman–Crippen MR) is 172 cm³/mol. The first-order valence-electron chi connectivity index (χ1n) is 15.1. The zero-order chi connectivity index (χ0) is 33.4. The van der Waals surface area contributed by atoms with E-state index in [2.05, 4.69) is 26.8 Å². The van der Waals surface area contributed by atoms with E-state index in [-0.39, 0.29) is 11.7 Å². The van der Waals surface area contributed by atoms with Gasteiger partial charge in [-0.2, -0.15) is 0 Å². The Labute approximate surface area is 268 Å². The first-order chi connectivity index (χ1) is 21.8. The number of halogens is 2. The average molecular weight is 659 g/mol. The lowest BCUT2D eigenvalue weighted by atomic mass is 10.0. The van der Waals surface area contributed by atoms with Crippen LogP contribution in [0, 0.1) is 18.6 Å². The highest BCUT2D eigenvalue weighted by Crippen LogP contribution is 2.28. The van der Waals surface area contributed by atoms with Crippen molar-refractivity contribution < 1.29 is 31.5 Å². The van der Waals surface area contributed by atoms with E-state index >= 15 is 0 Å². The first kappa shape index (κ1) is 34.6. The minimum absolute atomic E-state index is 0.0802. The molecule has 3 amide bonds. The number of sulfonamides is 1. The molecule has 248 valence electrons. The van der Waals surface area contributed by atoms with Gasteiger partial charge in [0.1, 0.15) is 17.4 Å². The topological polar surface area (TPSA) is 147 Å². The predicted octanol–water partition coefficient (Wildman–Crippen LogP) is 5.62. The van der Waals surface area contributed by atoms with E-state index in [0.29, 0.717) is 49.3 Å². The quantitative estimate of drug-likeness (QED) is 0.202. The van der Waals surface area contributed by atoms with Gasteiger partial charge in [0.05, 0.1) is 17.5 Å². The number of primary amides is 1. The molecular formula is C32H40F2N6O5S. The summed E-state index contributed by atoms with van der Waals surface area (Å²) in [6, 6.07) is 9.59. The second-order valence-electron chi connectivity index (χ2n) is 11.5. The molecule has 1 aliphatic rings. The molecule has 1 aliphatic heterocycles. The number of nitrogens with one attached hydrogen (secondary N) is 2. The molecular weight excluding hydrogens is 618 g/mol. The second kappa shape index (κ2) is 15.3. The molecule has 0 spiro atoms. The number of nitrogens with zero attached hydrogens (tertiary/aromatic N) is 3. The smallest absolute Gasteiger partial charge is 0.322 e. The Morgan fingerprint density at radius 2 is 1.83 bits per heavy atom. The van der Waals surface area contributed by atoms with E-state index in [1.807, 2.05) is 13.0 Å². The van der Waals surface area contributed by atoms with Crippen molar-refractivity contribution in [2.24, 2.45) is 5.73 Å². The minimum Gasteiger partial charge on any atom is -0.439 e. The summed E-state index contributed by atoms with van der Waals surface area (Å²) >= 11 is 0. The Hall–Kier alpha value is -4.30. The van der Waals surface area contributed by atoms with Crippen LogP contribution in [0.1, 0.15) is 60.5 Å². The number of benzene rings is 2. The van der Waals surface area contributed by atoms with Gasteiger partial charge in [0, 0.05) is 56.2 Å². The Morgan fingerprint density at radius 1 is 1.09 bits per heavy atom. The van der Waals surface area contributed by atoms with Gasteiger partial charge in [0.15, 0.2) is 0 Å². The molecule has 4 rings (SSSR count). The largest absolute Gasteiger partial charge is 0.439 e. The van der Waals surface area contributed by atoms with Gasteiger partial charge in [-0.25, -0.2) is 27.0 Å². The zero-order valence-corrected chi connectivity index (χ0v) is 27.0. The molecule has 2 aromatic carbocycles. The number of carbonyl (C=O) groups excluding carboxylic acids is 2. The lowest BCUT2D eigenvalue weighted by Gasteiger charge is -2.38. The Kier molecular flexibility index (Phi) is 11.5. The lowest BCUT2D eigenvalue weighted by molar-refractivity contribution is 0.0996. The molecule has 4 N–H and O–H groups in total. The molecule has 0 unspecified atom stereocenters. The number of piperidine rings is 1. The SMILES string of the molecule is CCCCCN(C(=O)Nc1cc(C(N)=O)c(F)cc1F)C1CCN(Cc2ccc(Oc3ccc(NS(C)(=O)=O)cc3C)nc2)CC1. The Bertz CT molecular complexity index is 1650. The molecule has 3 aromatic rings. The first-order valence-corrected chi connectivity index (χ1v) is 17.0. The van der Waals surface area contributed by atoms with Crippen LogP contribution in [0.15, 0.2) is 48.7 Å². The van der Waals surface area contributed by atoms with Crippen molar-refractivity contribution >= 4 is 33.3 Å². The van der Waals surface area contributed by atoms with Crippen LogP contribution in [0.2, 0.25) is 0 Å². The Balaban J connectivity index is 1.34. The van der Waals surface area contributed by atoms with Gasteiger partial charge in [-0.05, 0) is 61.6 Å². The minimum atomic E-state index is -3.38. The molecule has 11 nitrogen and oxygen atoms in total. The third-order valence-electron chi connectivity index (χ3n) is 7.72. The standard InChI is InChI=1S/C32H40F2N6O5S/c1-4-5-6-13-40(32(42)37-28-17-25(31(35)41)26(33)18-27(28)34)24-11-14-39(15-12-24)20-22-7-10-30(36-19-22)45-29-9-8-23(16-21(29)2)38-46(3,43)44/h7-10,16-19,24,38H,4-6,11-15,20H2,1-3H3,(H2,35,41)(H,37,42). The highest BCUT2D eigenvalue weighted by molar-refractivity contribution is 7.92. The fourth-order valence-electron chi connectivity index (χ4n) is 5.37. The zero-order valence-electron chi connectivity index (χ0n) is 26.2. The third-order valence-corrected chi connectivity index (χ3v) is 8.33. The number of hydrogen-bond acceptors (Lipinski definition) is 7. The maximum absolute atomic E-state index is 14.5. The molecule has 1 fully saturated rings. The number of unbranched alkanes of at least 4 members (excludes halogenated alkanes) is 2. The number of nitrogens with two attached hydrogens (primary N) is 1. The Morgan fingerprint density at radius 3 is 2.43 bits per heavy atom. The number of carbonyl (C=O) groups is 2. The van der Waals surface area contributed by atoms with Crippen molar-refractivity contribution in [1.29, 1.82) is 0 Å². The van der Waals surface area contributed by atoms with Gasteiger partial charge >= 0.3 is 6.03 Å².